The summed E-state index contributed by atoms with van der Waals surface area (Å²) in [5.74, 6) is 1.09. The Balaban J connectivity index is 0.000000162. The van der Waals surface area contributed by atoms with Gasteiger partial charge in [0.05, 0.1) is 12.3 Å². The first-order chi connectivity index (χ1) is 21.1. The van der Waals surface area contributed by atoms with Crippen molar-refractivity contribution in [1.29, 1.82) is 0 Å². The molecule has 43 heavy (non-hydrogen) atoms. The number of aromatic nitrogens is 8. The molecule has 0 aliphatic heterocycles. The minimum atomic E-state index is 0.0273. The zero-order valence-electron chi connectivity index (χ0n) is 23.2. The van der Waals surface area contributed by atoms with Crippen LogP contribution < -0.4 is 0 Å². The van der Waals surface area contributed by atoms with E-state index < -0.39 is 0 Å². The quantitative estimate of drug-likeness (QED) is 0.157. The lowest BCUT2D eigenvalue weighted by Crippen LogP contribution is -1.97. The van der Waals surface area contributed by atoms with Crippen molar-refractivity contribution in [2.45, 2.75) is 16.9 Å². The van der Waals surface area contributed by atoms with Crippen molar-refractivity contribution in [2.24, 2.45) is 0 Å². The molecule has 7 aromatic rings. The third-order valence-electron chi connectivity index (χ3n) is 6.52. The SMILES string of the molecule is CSc1nc2nc(-c3ccc(CO)cc3)c(-c3ccccc3)cn2n1.CSc1nc2nc(Cl)c(-c3ccccc3)cn2n1. The molecular formula is C31H25ClN8OS2. The fourth-order valence-electron chi connectivity index (χ4n) is 4.39. The van der Waals surface area contributed by atoms with Gasteiger partial charge in [0.2, 0.25) is 10.3 Å². The average Bonchev–Trinajstić information content (AvgIpc) is 3.67. The molecular weight excluding hydrogens is 600 g/mol. The van der Waals surface area contributed by atoms with Crippen LogP contribution in [0.15, 0.2) is 108 Å². The molecule has 214 valence electrons. The van der Waals surface area contributed by atoms with Gasteiger partial charge in [-0.2, -0.15) is 15.0 Å². The maximum atomic E-state index is 9.26. The summed E-state index contributed by atoms with van der Waals surface area (Å²) in [6, 6.07) is 27.8. The Morgan fingerprint density at radius 1 is 0.628 bits per heavy atom. The van der Waals surface area contributed by atoms with Crippen LogP contribution in [0.5, 0.6) is 0 Å². The first kappa shape index (κ1) is 28.8. The Morgan fingerprint density at radius 2 is 1.14 bits per heavy atom. The van der Waals surface area contributed by atoms with E-state index in [0.717, 1.165) is 39.1 Å². The number of aliphatic hydroxyl groups excluding tert-OH is 1. The van der Waals surface area contributed by atoms with Gasteiger partial charge in [0, 0.05) is 29.1 Å². The van der Waals surface area contributed by atoms with E-state index in [1.807, 2.05) is 97.7 Å². The Morgan fingerprint density at radius 3 is 1.67 bits per heavy atom. The van der Waals surface area contributed by atoms with E-state index in [-0.39, 0.29) is 6.61 Å². The predicted octanol–water partition coefficient (Wildman–Crippen LogP) is 6.84. The van der Waals surface area contributed by atoms with Gasteiger partial charge in [-0.15, -0.1) is 10.2 Å². The van der Waals surface area contributed by atoms with Gasteiger partial charge in [0.25, 0.3) is 11.6 Å². The van der Waals surface area contributed by atoms with Crippen LogP contribution in [0.25, 0.3) is 45.1 Å². The number of halogens is 1. The van der Waals surface area contributed by atoms with Gasteiger partial charge in [-0.05, 0) is 29.2 Å². The Bertz CT molecular complexity index is 2000. The fraction of sp³-hybridized carbons (Fsp3) is 0.0968. The molecule has 4 aromatic heterocycles. The third kappa shape index (κ3) is 6.25. The van der Waals surface area contributed by atoms with E-state index in [9.17, 15) is 5.11 Å². The number of benzene rings is 3. The molecule has 0 atom stereocenters. The molecule has 0 aliphatic rings. The predicted molar refractivity (Wildman–Crippen MR) is 172 cm³/mol. The van der Waals surface area contributed by atoms with Crippen molar-refractivity contribution in [3.8, 4) is 33.5 Å². The minimum Gasteiger partial charge on any atom is -0.392 e. The van der Waals surface area contributed by atoms with Crippen LogP contribution in [0.3, 0.4) is 0 Å². The smallest absolute Gasteiger partial charge is 0.254 e. The van der Waals surface area contributed by atoms with Crippen LogP contribution in [0, 0.1) is 0 Å². The summed E-state index contributed by atoms with van der Waals surface area (Å²) in [6.07, 6.45) is 7.70. The molecule has 12 heteroatoms. The number of hydrogen-bond donors (Lipinski definition) is 1. The summed E-state index contributed by atoms with van der Waals surface area (Å²) in [5, 5.41) is 19.8. The van der Waals surface area contributed by atoms with Gasteiger partial charge >= 0.3 is 0 Å². The highest BCUT2D eigenvalue weighted by Gasteiger charge is 2.14. The standard InChI is InChI=1S/C19H16N4OS.C12H9ClN4S/c1-25-19-21-18-20-17(15-9-7-13(12-24)8-10-15)16(11-23(18)22-19)14-5-3-2-4-6-14;1-18-12-15-11-14-10(13)9(7-17(11)16-12)8-5-3-2-4-6-8/h2-11,24H,12H2,1H3;2-7H,1H3. The van der Waals surface area contributed by atoms with E-state index in [2.05, 4.69) is 37.3 Å². The lowest BCUT2D eigenvalue weighted by molar-refractivity contribution is 0.282. The second-order valence-electron chi connectivity index (χ2n) is 9.22. The monoisotopic (exact) mass is 624 g/mol. The third-order valence-corrected chi connectivity index (χ3v) is 7.89. The summed E-state index contributed by atoms with van der Waals surface area (Å²) in [6.45, 7) is 0.0273. The average molecular weight is 625 g/mol. The van der Waals surface area contributed by atoms with Gasteiger partial charge in [-0.1, -0.05) is 120 Å². The molecule has 0 fully saturated rings. The first-order valence-corrected chi connectivity index (χ1v) is 16.0. The summed E-state index contributed by atoms with van der Waals surface area (Å²) >= 11 is 9.16. The second-order valence-corrected chi connectivity index (χ2v) is 11.1. The molecule has 7 rings (SSSR count). The van der Waals surface area contributed by atoms with Crippen molar-refractivity contribution in [3.63, 3.8) is 0 Å². The molecule has 0 spiro atoms. The second kappa shape index (κ2) is 12.9. The number of fused-ring (bicyclic) bond motifs is 2. The van der Waals surface area contributed by atoms with Crippen LogP contribution in [0.1, 0.15) is 5.56 Å². The van der Waals surface area contributed by atoms with Crippen LogP contribution in [-0.4, -0.2) is 56.8 Å². The van der Waals surface area contributed by atoms with Crippen molar-refractivity contribution in [3.05, 3.63) is 108 Å². The van der Waals surface area contributed by atoms with E-state index in [1.54, 1.807) is 9.03 Å². The van der Waals surface area contributed by atoms with E-state index in [0.29, 0.717) is 27.0 Å². The number of rotatable bonds is 6. The zero-order valence-corrected chi connectivity index (χ0v) is 25.6. The van der Waals surface area contributed by atoms with Crippen molar-refractivity contribution >= 4 is 46.7 Å². The van der Waals surface area contributed by atoms with E-state index in [1.165, 1.54) is 23.5 Å². The molecule has 0 bridgehead atoms. The number of nitrogens with zero attached hydrogens (tertiary/aromatic N) is 8. The van der Waals surface area contributed by atoms with Crippen molar-refractivity contribution in [2.75, 3.05) is 12.5 Å². The van der Waals surface area contributed by atoms with Crippen molar-refractivity contribution < 1.29 is 5.11 Å². The van der Waals surface area contributed by atoms with Gasteiger partial charge in [0.15, 0.2) is 0 Å². The summed E-state index contributed by atoms with van der Waals surface area (Å²) in [5.41, 5.74) is 6.62. The highest BCUT2D eigenvalue weighted by atomic mass is 35.5. The molecule has 4 heterocycles. The zero-order chi connectivity index (χ0) is 29.8. The molecule has 0 unspecified atom stereocenters. The molecule has 1 N–H and O–H groups in total. The Labute approximate surface area is 261 Å². The first-order valence-electron chi connectivity index (χ1n) is 13.2. The maximum absolute atomic E-state index is 9.26. The minimum absolute atomic E-state index is 0.0273. The molecule has 3 aromatic carbocycles. The van der Waals surface area contributed by atoms with Crippen LogP contribution in [0.2, 0.25) is 5.15 Å². The van der Waals surface area contributed by atoms with Gasteiger partial charge < -0.3 is 5.11 Å². The highest BCUT2D eigenvalue weighted by Crippen LogP contribution is 2.31. The molecule has 0 saturated carbocycles. The largest absolute Gasteiger partial charge is 0.392 e. The van der Waals surface area contributed by atoms with Crippen LogP contribution >= 0.6 is 35.1 Å². The summed E-state index contributed by atoms with van der Waals surface area (Å²) in [7, 11) is 0. The van der Waals surface area contributed by atoms with Crippen LogP contribution in [0.4, 0.5) is 0 Å². The van der Waals surface area contributed by atoms with E-state index in [4.69, 9.17) is 16.6 Å². The number of aliphatic hydroxyl groups is 1. The lowest BCUT2D eigenvalue weighted by atomic mass is 10.00. The van der Waals surface area contributed by atoms with Gasteiger partial charge in [-0.3, -0.25) is 0 Å². The lowest BCUT2D eigenvalue weighted by Gasteiger charge is -2.10. The highest BCUT2D eigenvalue weighted by molar-refractivity contribution is 7.98. The maximum Gasteiger partial charge on any atom is 0.254 e. The fourth-order valence-corrected chi connectivity index (χ4v) is 5.30. The molecule has 0 saturated heterocycles. The topological polar surface area (TPSA) is 106 Å². The summed E-state index contributed by atoms with van der Waals surface area (Å²) < 4.78 is 3.37. The number of hydrogen-bond acceptors (Lipinski definition) is 9. The van der Waals surface area contributed by atoms with Gasteiger partial charge in [-0.25, -0.2) is 14.0 Å². The molecule has 0 amide bonds. The number of thioether (sulfide) groups is 2. The van der Waals surface area contributed by atoms with E-state index >= 15 is 0 Å². The Hall–Kier alpha value is -4.29. The van der Waals surface area contributed by atoms with Crippen LogP contribution in [-0.2, 0) is 6.61 Å². The Kier molecular flexibility index (Phi) is 8.66. The molecule has 9 nitrogen and oxygen atoms in total. The normalized spacial score (nSPS) is 11.1. The van der Waals surface area contributed by atoms with Crippen molar-refractivity contribution in [1.82, 2.24) is 39.2 Å². The van der Waals surface area contributed by atoms with Gasteiger partial charge in [0.1, 0.15) is 5.15 Å². The molecule has 0 radical (unpaired) electrons. The summed E-state index contributed by atoms with van der Waals surface area (Å²) in [4.78, 5) is 17.7. The molecule has 0 aliphatic carbocycles.